The van der Waals surface area contributed by atoms with Gasteiger partial charge in [-0.2, -0.15) is 0 Å². The Kier molecular flexibility index (Phi) is 2.10. The Labute approximate surface area is 82.2 Å². The largest absolute Gasteiger partial charge is 0.399 e. The van der Waals surface area contributed by atoms with Crippen LogP contribution in [0.3, 0.4) is 0 Å². The first-order chi connectivity index (χ1) is 6.75. The number of nitrogen functional groups attached to an aromatic ring is 2. The molecule has 14 heavy (non-hydrogen) atoms. The molecule has 0 fully saturated rings. The minimum Gasteiger partial charge on any atom is -0.399 e. The third-order valence-electron chi connectivity index (χ3n) is 2.08. The van der Waals surface area contributed by atoms with Crippen molar-refractivity contribution in [1.82, 2.24) is 9.55 Å². The summed E-state index contributed by atoms with van der Waals surface area (Å²) in [5.74, 6) is 0. The number of hydrogen-bond donors (Lipinski definition) is 2. The molecule has 0 bridgehead atoms. The third kappa shape index (κ3) is 1.69. The number of imidazole rings is 1. The fourth-order valence-corrected chi connectivity index (χ4v) is 1.34. The number of benzene rings is 1. The molecule has 1 aromatic carbocycles. The molecule has 4 heteroatoms. The van der Waals surface area contributed by atoms with Gasteiger partial charge in [0.15, 0.2) is 0 Å². The number of anilines is 2. The summed E-state index contributed by atoms with van der Waals surface area (Å²) >= 11 is 0. The normalized spacial score (nSPS) is 10.3. The number of nitrogens with zero attached hydrogens (tertiary/aromatic N) is 2. The van der Waals surface area contributed by atoms with Crippen molar-refractivity contribution in [3.8, 4) is 0 Å². The minimum atomic E-state index is 0.705. The molecular weight excluding hydrogens is 176 g/mol. The molecule has 0 saturated carbocycles. The Morgan fingerprint density at radius 3 is 2.86 bits per heavy atom. The van der Waals surface area contributed by atoms with Gasteiger partial charge in [0.05, 0.1) is 12.9 Å². The van der Waals surface area contributed by atoms with Crippen molar-refractivity contribution < 1.29 is 0 Å². The van der Waals surface area contributed by atoms with E-state index in [1.807, 2.05) is 22.9 Å². The van der Waals surface area contributed by atoms with Crippen molar-refractivity contribution in [3.63, 3.8) is 0 Å². The van der Waals surface area contributed by atoms with Crippen LogP contribution in [-0.4, -0.2) is 9.55 Å². The van der Waals surface area contributed by atoms with Crippen LogP contribution in [0, 0.1) is 0 Å². The van der Waals surface area contributed by atoms with Crippen molar-refractivity contribution in [1.29, 1.82) is 0 Å². The smallest absolute Gasteiger partial charge is 0.0949 e. The maximum absolute atomic E-state index is 5.82. The average molecular weight is 188 g/mol. The molecule has 72 valence electrons. The van der Waals surface area contributed by atoms with Gasteiger partial charge in [-0.05, 0) is 23.8 Å². The molecule has 2 aromatic rings. The molecule has 0 spiro atoms. The summed E-state index contributed by atoms with van der Waals surface area (Å²) in [7, 11) is 0. The maximum atomic E-state index is 5.82. The Bertz CT molecular complexity index is 420. The number of aromatic nitrogens is 2. The molecular formula is C10H12N4. The highest BCUT2D eigenvalue weighted by molar-refractivity contribution is 5.55. The van der Waals surface area contributed by atoms with Crippen LogP contribution in [0.25, 0.3) is 0 Å². The van der Waals surface area contributed by atoms with E-state index in [1.54, 1.807) is 18.6 Å². The molecule has 0 aliphatic rings. The maximum Gasteiger partial charge on any atom is 0.0949 e. The first-order valence-electron chi connectivity index (χ1n) is 4.35. The molecule has 0 unspecified atom stereocenters. The number of rotatable bonds is 2. The molecule has 1 aromatic heterocycles. The summed E-state index contributed by atoms with van der Waals surface area (Å²) in [6.45, 7) is 0.705. The molecule has 4 nitrogen and oxygen atoms in total. The van der Waals surface area contributed by atoms with E-state index in [1.165, 1.54) is 0 Å². The number of nitrogens with two attached hydrogens (primary N) is 2. The first kappa shape index (κ1) is 8.62. The molecule has 0 aliphatic heterocycles. The lowest BCUT2D eigenvalue weighted by Crippen LogP contribution is -2.02. The minimum absolute atomic E-state index is 0.705. The molecule has 0 radical (unpaired) electrons. The monoisotopic (exact) mass is 188 g/mol. The fraction of sp³-hybridized carbons (Fsp3) is 0.100. The zero-order chi connectivity index (χ0) is 9.97. The summed E-state index contributed by atoms with van der Waals surface area (Å²) in [6.07, 6.45) is 5.38. The lowest BCUT2D eigenvalue weighted by atomic mass is 10.1. The highest BCUT2D eigenvalue weighted by Gasteiger charge is 2.00. The van der Waals surface area contributed by atoms with E-state index in [9.17, 15) is 0 Å². The summed E-state index contributed by atoms with van der Waals surface area (Å²) in [6, 6.07) is 5.50. The van der Waals surface area contributed by atoms with E-state index in [2.05, 4.69) is 4.98 Å². The van der Waals surface area contributed by atoms with Crippen LogP contribution in [0.15, 0.2) is 36.9 Å². The van der Waals surface area contributed by atoms with Gasteiger partial charge in [-0.25, -0.2) is 4.98 Å². The summed E-state index contributed by atoms with van der Waals surface area (Å²) < 4.78 is 1.95. The van der Waals surface area contributed by atoms with E-state index in [4.69, 9.17) is 11.5 Å². The Hall–Kier alpha value is -1.97. The topological polar surface area (TPSA) is 69.9 Å². The number of hydrogen-bond acceptors (Lipinski definition) is 3. The zero-order valence-electron chi connectivity index (χ0n) is 7.72. The molecule has 1 heterocycles. The van der Waals surface area contributed by atoms with Crippen LogP contribution in [0.1, 0.15) is 5.56 Å². The van der Waals surface area contributed by atoms with Crippen molar-refractivity contribution in [2.24, 2.45) is 0 Å². The van der Waals surface area contributed by atoms with Gasteiger partial charge in [-0.1, -0.05) is 0 Å². The van der Waals surface area contributed by atoms with Gasteiger partial charge >= 0.3 is 0 Å². The lowest BCUT2D eigenvalue weighted by molar-refractivity contribution is 0.799. The highest BCUT2D eigenvalue weighted by atomic mass is 15.0. The molecule has 2 rings (SSSR count). The van der Waals surface area contributed by atoms with Crippen molar-refractivity contribution in [3.05, 3.63) is 42.5 Å². The van der Waals surface area contributed by atoms with Crippen LogP contribution in [0.4, 0.5) is 11.4 Å². The van der Waals surface area contributed by atoms with E-state index in [0.717, 1.165) is 16.9 Å². The van der Waals surface area contributed by atoms with Gasteiger partial charge in [0.25, 0.3) is 0 Å². The van der Waals surface area contributed by atoms with E-state index >= 15 is 0 Å². The van der Waals surface area contributed by atoms with Crippen LogP contribution < -0.4 is 11.5 Å². The molecule has 0 amide bonds. The van der Waals surface area contributed by atoms with E-state index < -0.39 is 0 Å². The van der Waals surface area contributed by atoms with Gasteiger partial charge < -0.3 is 16.0 Å². The fourth-order valence-electron chi connectivity index (χ4n) is 1.34. The second kappa shape index (κ2) is 3.41. The van der Waals surface area contributed by atoms with Crippen molar-refractivity contribution >= 4 is 11.4 Å². The van der Waals surface area contributed by atoms with Gasteiger partial charge in [-0.3, -0.25) is 0 Å². The Morgan fingerprint density at radius 2 is 2.14 bits per heavy atom. The van der Waals surface area contributed by atoms with Crippen LogP contribution in [0.5, 0.6) is 0 Å². The molecule has 4 N–H and O–H groups in total. The Morgan fingerprint density at radius 1 is 1.29 bits per heavy atom. The van der Waals surface area contributed by atoms with Gasteiger partial charge in [0.1, 0.15) is 0 Å². The van der Waals surface area contributed by atoms with Crippen LogP contribution in [0.2, 0.25) is 0 Å². The molecule has 0 atom stereocenters. The molecule has 0 saturated heterocycles. The predicted molar refractivity (Wildman–Crippen MR) is 56.6 cm³/mol. The highest BCUT2D eigenvalue weighted by Crippen LogP contribution is 2.16. The second-order valence-corrected chi connectivity index (χ2v) is 3.19. The predicted octanol–water partition coefficient (Wildman–Crippen LogP) is 1.10. The SMILES string of the molecule is Nc1ccc(N)c(Cn2ccnc2)c1. The molecule has 0 aliphatic carbocycles. The standard InChI is InChI=1S/C10H12N4/c11-9-1-2-10(12)8(5-9)6-14-4-3-13-7-14/h1-5,7H,6,11-12H2. The van der Waals surface area contributed by atoms with Crippen molar-refractivity contribution in [2.75, 3.05) is 11.5 Å². The second-order valence-electron chi connectivity index (χ2n) is 3.19. The van der Waals surface area contributed by atoms with Crippen molar-refractivity contribution in [2.45, 2.75) is 6.54 Å². The zero-order valence-corrected chi connectivity index (χ0v) is 7.72. The van der Waals surface area contributed by atoms with E-state index in [0.29, 0.717) is 6.54 Å². The van der Waals surface area contributed by atoms with E-state index in [-0.39, 0.29) is 0 Å². The first-order valence-corrected chi connectivity index (χ1v) is 4.35. The quantitative estimate of drug-likeness (QED) is 0.693. The Balaban J connectivity index is 2.28. The average Bonchev–Trinajstić information content (AvgIpc) is 2.64. The van der Waals surface area contributed by atoms with Crippen LogP contribution in [-0.2, 0) is 6.54 Å². The summed E-state index contributed by atoms with van der Waals surface area (Å²) in [4.78, 5) is 3.96. The summed E-state index contributed by atoms with van der Waals surface area (Å²) in [5, 5.41) is 0. The summed E-state index contributed by atoms with van der Waals surface area (Å²) in [5.41, 5.74) is 14.0. The lowest BCUT2D eigenvalue weighted by Gasteiger charge is -2.07. The van der Waals surface area contributed by atoms with Gasteiger partial charge in [0.2, 0.25) is 0 Å². The van der Waals surface area contributed by atoms with Gasteiger partial charge in [0, 0.05) is 23.8 Å². The van der Waals surface area contributed by atoms with Gasteiger partial charge in [-0.15, -0.1) is 0 Å². The third-order valence-corrected chi connectivity index (χ3v) is 2.08. The van der Waals surface area contributed by atoms with Crippen LogP contribution >= 0.6 is 0 Å².